The molecule has 8 heteroatoms. The molecule has 0 aromatic heterocycles. The Morgan fingerprint density at radius 3 is 1.97 bits per heavy atom. The highest BCUT2D eigenvalue weighted by molar-refractivity contribution is 5.71. The molecule has 8 nitrogen and oxygen atoms in total. The minimum atomic E-state index is -1.48. The van der Waals surface area contributed by atoms with E-state index in [9.17, 15) is 20.4 Å². The fraction of sp³-hybridized carbons (Fsp3) is 0.364. The molecule has 2 aromatic rings. The lowest BCUT2D eigenvalue weighted by atomic mass is 9.99. The molecule has 0 amide bonds. The Kier molecular flexibility index (Phi) is 7.30. The molecule has 0 spiro atoms. The van der Waals surface area contributed by atoms with Crippen LogP contribution in [0.1, 0.15) is 11.1 Å². The summed E-state index contributed by atoms with van der Waals surface area (Å²) < 4.78 is 21.5. The van der Waals surface area contributed by atoms with Crippen LogP contribution in [0.4, 0.5) is 0 Å². The lowest BCUT2D eigenvalue weighted by Crippen LogP contribution is -2.60. The van der Waals surface area contributed by atoms with Gasteiger partial charge in [-0.05, 0) is 35.4 Å². The van der Waals surface area contributed by atoms with Crippen molar-refractivity contribution in [3.63, 3.8) is 0 Å². The van der Waals surface area contributed by atoms with Gasteiger partial charge in [-0.15, -0.1) is 0 Å². The van der Waals surface area contributed by atoms with E-state index in [1.54, 1.807) is 32.4 Å². The summed E-state index contributed by atoms with van der Waals surface area (Å²) in [7, 11) is 3.19. The molecule has 1 aliphatic heterocycles. The highest BCUT2D eigenvalue weighted by Crippen LogP contribution is 2.26. The zero-order valence-corrected chi connectivity index (χ0v) is 16.7. The average Bonchev–Trinajstić information content (AvgIpc) is 2.78. The molecule has 0 aliphatic carbocycles. The lowest BCUT2D eigenvalue weighted by molar-refractivity contribution is -0.277. The Hall–Kier alpha value is -2.62. The van der Waals surface area contributed by atoms with E-state index in [2.05, 4.69) is 0 Å². The second-order valence-electron chi connectivity index (χ2n) is 6.86. The molecular formula is C22H26O8. The Labute approximate surface area is 174 Å². The standard InChI is InChI=1S/C22H26O8/c1-27-16-9-14(10-17(11-16)28-2)4-3-13-5-7-15(8-6-13)29-22-21(26)20(25)19(24)18(12-23)30-22/h3-11,18-26H,12H2,1-2H3/b4-3+/t18-,19-,20+,21-,22-/m1/s1. The molecule has 4 N–H and O–H groups in total. The maximum absolute atomic E-state index is 10.1. The predicted octanol–water partition coefficient (Wildman–Crippen LogP) is 1.05. The Balaban J connectivity index is 1.67. The number of methoxy groups -OCH3 is 2. The third kappa shape index (κ3) is 5.10. The summed E-state index contributed by atoms with van der Waals surface area (Å²) in [5.74, 6) is 1.79. The smallest absolute Gasteiger partial charge is 0.229 e. The minimum absolute atomic E-state index is 0.402. The van der Waals surface area contributed by atoms with Crippen molar-refractivity contribution in [3.8, 4) is 17.2 Å². The number of rotatable bonds is 7. The van der Waals surface area contributed by atoms with Gasteiger partial charge in [0, 0.05) is 6.07 Å². The normalized spacial score (nSPS) is 26.5. The number of hydrogen-bond donors (Lipinski definition) is 4. The van der Waals surface area contributed by atoms with E-state index < -0.39 is 37.3 Å². The van der Waals surface area contributed by atoms with Gasteiger partial charge in [0.1, 0.15) is 41.7 Å². The van der Waals surface area contributed by atoms with Gasteiger partial charge in [-0.25, -0.2) is 0 Å². The van der Waals surface area contributed by atoms with Gasteiger partial charge in [0.15, 0.2) is 0 Å². The van der Waals surface area contributed by atoms with Crippen LogP contribution in [-0.2, 0) is 4.74 Å². The van der Waals surface area contributed by atoms with Gasteiger partial charge >= 0.3 is 0 Å². The molecule has 2 aromatic carbocycles. The number of aliphatic hydroxyl groups is 4. The second-order valence-corrected chi connectivity index (χ2v) is 6.86. The van der Waals surface area contributed by atoms with Gasteiger partial charge in [-0.2, -0.15) is 0 Å². The third-order valence-electron chi connectivity index (χ3n) is 4.82. The summed E-state index contributed by atoms with van der Waals surface area (Å²) >= 11 is 0. The average molecular weight is 418 g/mol. The van der Waals surface area contributed by atoms with E-state index in [1.807, 2.05) is 36.4 Å². The van der Waals surface area contributed by atoms with Crippen molar-refractivity contribution >= 4 is 12.2 Å². The molecule has 0 radical (unpaired) electrons. The van der Waals surface area contributed by atoms with Crippen molar-refractivity contribution in [2.24, 2.45) is 0 Å². The van der Waals surface area contributed by atoms with Gasteiger partial charge in [-0.3, -0.25) is 0 Å². The maximum atomic E-state index is 10.1. The molecule has 0 saturated carbocycles. The highest BCUT2D eigenvalue weighted by atomic mass is 16.7. The fourth-order valence-electron chi connectivity index (χ4n) is 3.07. The first-order valence-corrected chi connectivity index (χ1v) is 9.43. The van der Waals surface area contributed by atoms with E-state index in [0.29, 0.717) is 17.2 Å². The van der Waals surface area contributed by atoms with Crippen molar-refractivity contribution in [2.75, 3.05) is 20.8 Å². The van der Waals surface area contributed by atoms with Crippen molar-refractivity contribution in [3.05, 3.63) is 53.6 Å². The van der Waals surface area contributed by atoms with Crippen LogP contribution in [-0.4, -0.2) is 72.0 Å². The van der Waals surface area contributed by atoms with Crippen LogP contribution in [0.25, 0.3) is 12.2 Å². The highest BCUT2D eigenvalue weighted by Gasteiger charge is 2.44. The molecule has 0 bridgehead atoms. The Bertz CT molecular complexity index is 826. The quantitative estimate of drug-likeness (QED) is 0.493. The first kappa shape index (κ1) is 22.1. The molecule has 3 rings (SSSR count). The molecule has 162 valence electrons. The SMILES string of the molecule is COc1cc(/C=C/c2ccc(O[C@@H]3O[C@H](CO)[C@@H](O)[C@H](O)[C@H]3O)cc2)cc(OC)c1. The molecule has 5 atom stereocenters. The molecular weight excluding hydrogens is 392 g/mol. The first-order valence-electron chi connectivity index (χ1n) is 9.43. The number of benzene rings is 2. The van der Waals surface area contributed by atoms with E-state index >= 15 is 0 Å². The summed E-state index contributed by atoms with van der Waals surface area (Å²) in [5, 5.41) is 39.0. The summed E-state index contributed by atoms with van der Waals surface area (Å²) in [4.78, 5) is 0. The zero-order chi connectivity index (χ0) is 21.7. The lowest BCUT2D eigenvalue weighted by Gasteiger charge is -2.39. The van der Waals surface area contributed by atoms with Crippen LogP contribution >= 0.6 is 0 Å². The van der Waals surface area contributed by atoms with E-state index in [4.69, 9.17) is 18.9 Å². The van der Waals surface area contributed by atoms with Gasteiger partial charge in [0.05, 0.1) is 20.8 Å². The second kappa shape index (κ2) is 9.92. The van der Waals surface area contributed by atoms with Gasteiger partial charge in [0.25, 0.3) is 0 Å². The van der Waals surface area contributed by atoms with Crippen molar-refractivity contribution in [1.29, 1.82) is 0 Å². The molecule has 0 unspecified atom stereocenters. The summed E-state index contributed by atoms with van der Waals surface area (Å²) in [6.07, 6.45) is -2.77. The monoisotopic (exact) mass is 418 g/mol. The Morgan fingerprint density at radius 2 is 1.40 bits per heavy atom. The van der Waals surface area contributed by atoms with Crippen molar-refractivity contribution in [2.45, 2.75) is 30.7 Å². The predicted molar refractivity (Wildman–Crippen MR) is 109 cm³/mol. The molecule has 1 fully saturated rings. The summed E-state index contributed by atoms with van der Waals surface area (Å²) in [6, 6.07) is 12.6. The van der Waals surface area contributed by atoms with Crippen LogP contribution in [0.5, 0.6) is 17.2 Å². The molecule has 30 heavy (non-hydrogen) atoms. The van der Waals surface area contributed by atoms with Gasteiger partial charge in [-0.1, -0.05) is 24.3 Å². The van der Waals surface area contributed by atoms with E-state index in [1.165, 1.54) is 0 Å². The molecule has 1 heterocycles. The maximum Gasteiger partial charge on any atom is 0.229 e. The van der Waals surface area contributed by atoms with E-state index in [0.717, 1.165) is 11.1 Å². The van der Waals surface area contributed by atoms with Crippen LogP contribution in [0.2, 0.25) is 0 Å². The van der Waals surface area contributed by atoms with Gasteiger partial charge in [0.2, 0.25) is 6.29 Å². The minimum Gasteiger partial charge on any atom is -0.497 e. The topological polar surface area (TPSA) is 118 Å². The number of ether oxygens (including phenoxy) is 4. The van der Waals surface area contributed by atoms with Crippen molar-refractivity contribution < 1.29 is 39.4 Å². The van der Waals surface area contributed by atoms with Crippen LogP contribution in [0.15, 0.2) is 42.5 Å². The molecule has 1 aliphatic rings. The summed E-state index contributed by atoms with van der Waals surface area (Å²) in [6.45, 7) is -0.510. The van der Waals surface area contributed by atoms with Crippen LogP contribution < -0.4 is 14.2 Å². The third-order valence-corrected chi connectivity index (χ3v) is 4.82. The Morgan fingerprint density at radius 1 is 0.800 bits per heavy atom. The van der Waals surface area contributed by atoms with E-state index in [-0.39, 0.29) is 0 Å². The van der Waals surface area contributed by atoms with Crippen LogP contribution in [0.3, 0.4) is 0 Å². The van der Waals surface area contributed by atoms with Crippen LogP contribution in [0, 0.1) is 0 Å². The van der Waals surface area contributed by atoms with Gasteiger partial charge < -0.3 is 39.4 Å². The summed E-state index contributed by atoms with van der Waals surface area (Å²) in [5.41, 5.74) is 1.81. The largest absolute Gasteiger partial charge is 0.497 e. The number of hydrogen-bond acceptors (Lipinski definition) is 8. The molecule has 1 saturated heterocycles. The van der Waals surface area contributed by atoms with Crippen molar-refractivity contribution in [1.82, 2.24) is 0 Å². The zero-order valence-electron chi connectivity index (χ0n) is 16.7. The number of aliphatic hydroxyl groups excluding tert-OH is 4. The fourth-order valence-corrected chi connectivity index (χ4v) is 3.07. The first-order chi connectivity index (χ1) is 14.4.